The number of H-pyrrole nitrogens is 1. The van der Waals surface area contributed by atoms with Gasteiger partial charge in [-0.15, -0.1) is 0 Å². The first-order valence-corrected chi connectivity index (χ1v) is 6.38. The Hall–Kier alpha value is -1.52. The minimum absolute atomic E-state index is 0.241. The van der Waals surface area contributed by atoms with Crippen molar-refractivity contribution in [3.63, 3.8) is 0 Å². The van der Waals surface area contributed by atoms with Crippen LogP contribution in [0.5, 0.6) is 0 Å². The molecule has 0 aliphatic carbocycles. The van der Waals surface area contributed by atoms with Crippen molar-refractivity contribution in [3.05, 3.63) is 57.6 Å². The number of amides is 1. The predicted octanol–water partition coefficient (Wildman–Crippen LogP) is 3.43. The van der Waals surface area contributed by atoms with Crippen molar-refractivity contribution in [3.8, 4) is 0 Å². The summed E-state index contributed by atoms with van der Waals surface area (Å²) in [6, 6.07) is 7.62. The Balaban J connectivity index is 1.85. The van der Waals surface area contributed by atoms with Crippen LogP contribution in [0.3, 0.4) is 0 Å². The van der Waals surface area contributed by atoms with Gasteiger partial charge in [0.25, 0.3) is 5.91 Å². The molecule has 1 heterocycles. The summed E-state index contributed by atoms with van der Waals surface area (Å²) in [7, 11) is 0. The topological polar surface area (TPSA) is 44.9 Å². The van der Waals surface area contributed by atoms with E-state index in [1.807, 2.05) is 0 Å². The summed E-state index contributed by atoms with van der Waals surface area (Å²) in [5.74, 6) is -0.556. The highest BCUT2D eigenvalue weighted by atomic mass is 35.5. The zero-order valence-electron chi connectivity index (χ0n) is 9.84. The molecular formula is C13H11Cl2FN2O. The number of nitrogens with one attached hydrogen (secondary N) is 2. The number of hydrogen-bond acceptors (Lipinski definition) is 1. The van der Waals surface area contributed by atoms with Crippen LogP contribution in [-0.2, 0) is 6.42 Å². The summed E-state index contributed by atoms with van der Waals surface area (Å²) in [5, 5.41) is 3.27. The SMILES string of the molecule is O=C(NCCc1ccc(F)cc1)c1cc(Cl)c(Cl)[nH]1. The number of halogens is 3. The third-order valence-electron chi connectivity index (χ3n) is 2.58. The molecule has 0 atom stereocenters. The fourth-order valence-electron chi connectivity index (χ4n) is 1.59. The van der Waals surface area contributed by atoms with Gasteiger partial charge in [-0.05, 0) is 30.2 Å². The molecule has 1 amide bonds. The number of rotatable bonds is 4. The average molecular weight is 301 g/mol. The predicted molar refractivity (Wildman–Crippen MR) is 73.2 cm³/mol. The maximum absolute atomic E-state index is 12.7. The molecule has 0 bridgehead atoms. The third-order valence-corrected chi connectivity index (χ3v) is 3.28. The van der Waals surface area contributed by atoms with E-state index in [1.165, 1.54) is 18.2 Å². The molecule has 0 saturated heterocycles. The van der Waals surface area contributed by atoms with Gasteiger partial charge in [0.2, 0.25) is 0 Å². The molecule has 2 rings (SSSR count). The second-order valence-corrected chi connectivity index (χ2v) is 4.76. The number of benzene rings is 1. The van der Waals surface area contributed by atoms with Crippen molar-refractivity contribution in [2.75, 3.05) is 6.54 Å². The molecule has 2 N–H and O–H groups in total. The van der Waals surface area contributed by atoms with Crippen molar-refractivity contribution in [1.82, 2.24) is 10.3 Å². The lowest BCUT2D eigenvalue weighted by molar-refractivity contribution is 0.0950. The Morgan fingerprint density at radius 1 is 1.26 bits per heavy atom. The van der Waals surface area contributed by atoms with Gasteiger partial charge in [-0.1, -0.05) is 35.3 Å². The summed E-state index contributed by atoms with van der Waals surface area (Å²) in [4.78, 5) is 14.4. The molecule has 3 nitrogen and oxygen atoms in total. The third kappa shape index (κ3) is 3.72. The molecular weight excluding hydrogens is 290 g/mol. The zero-order valence-corrected chi connectivity index (χ0v) is 11.4. The van der Waals surface area contributed by atoms with Crippen molar-refractivity contribution in [2.45, 2.75) is 6.42 Å². The van der Waals surface area contributed by atoms with E-state index in [-0.39, 0.29) is 16.9 Å². The van der Waals surface area contributed by atoms with Gasteiger partial charge >= 0.3 is 0 Å². The van der Waals surface area contributed by atoms with E-state index in [9.17, 15) is 9.18 Å². The Morgan fingerprint density at radius 3 is 2.53 bits per heavy atom. The van der Waals surface area contributed by atoms with Crippen molar-refractivity contribution in [1.29, 1.82) is 0 Å². The first-order valence-electron chi connectivity index (χ1n) is 5.63. The maximum Gasteiger partial charge on any atom is 0.267 e. The number of carbonyl (C=O) groups excluding carboxylic acids is 1. The van der Waals surface area contributed by atoms with Gasteiger partial charge in [-0.2, -0.15) is 0 Å². The van der Waals surface area contributed by atoms with Crippen LogP contribution in [0.15, 0.2) is 30.3 Å². The van der Waals surface area contributed by atoms with Crippen molar-refractivity contribution in [2.24, 2.45) is 0 Å². The van der Waals surface area contributed by atoms with E-state index in [2.05, 4.69) is 10.3 Å². The number of aromatic nitrogens is 1. The zero-order chi connectivity index (χ0) is 13.8. The second kappa shape index (κ2) is 6.08. The van der Waals surface area contributed by atoms with Crippen LogP contribution in [0.1, 0.15) is 16.1 Å². The summed E-state index contributed by atoms with van der Waals surface area (Å²) in [5.41, 5.74) is 1.26. The first kappa shape index (κ1) is 13.9. The monoisotopic (exact) mass is 300 g/mol. The molecule has 0 unspecified atom stereocenters. The summed E-state index contributed by atoms with van der Waals surface area (Å²) < 4.78 is 12.7. The molecule has 1 aromatic carbocycles. The Bertz CT molecular complexity index is 561. The quantitative estimate of drug-likeness (QED) is 0.893. The molecule has 19 heavy (non-hydrogen) atoms. The number of aromatic amines is 1. The van der Waals surface area contributed by atoms with Gasteiger partial charge in [0.05, 0.1) is 5.02 Å². The second-order valence-electron chi connectivity index (χ2n) is 3.98. The van der Waals surface area contributed by atoms with E-state index in [1.54, 1.807) is 12.1 Å². The highest BCUT2D eigenvalue weighted by molar-refractivity contribution is 6.41. The van der Waals surface area contributed by atoms with Gasteiger partial charge in [-0.3, -0.25) is 4.79 Å². The molecule has 0 spiro atoms. The minimum Gasteiger partial charge on any atom is -0.350 e. The molecule has 100 valence electrons. The van der Waals surface area contributed by atoms with Crippen LogP contribution in [0.4, 0.5) is 4.39 Å². The molecule has 0 fully saturated rings. The highest BCUT2D eigenvalue weighted by Crippen LogP contribution is 2.21. The van der Waals surface area contributed by atoms with Gasteiger partial charge in [0.1, 0.15) is 16.7 Å². The summed E-state index contributed by atoms with van der Waals surface area (Å²) in [6.45, 7) is 0.443. The summed E-state index contributed by atoms with van der Waals surface area (Å²) in [6.07, 6.45) is 0.619. The van der Waals surface area contributed by atoms with E-state index in [0.717, 1.165) is 5.56 Å². The van der Waals surface area contributed by atoms with Crippen LogP contribution in [0.25, 0.3) is 0 Å². The molecule has 0 aliphatic rings. The summed E-state index contributed by atoms with van der Waals surface area (Å²) >= 11 is 11.5. The average Bonchev–Trinajstić information content (AvgIpc) is 2.72. The maximum atomic E-state index is 12.7. The van der Waals surface area contributed by atoms with Crippen LogP contribution in [0.2, 0.25) is 10.2 Å². The normalized spacial score (nSPS) is 10.5. The van der Waals surface area contributed by atoms with Crippen LogP contribution < -0.4 is 5.32 Å². The fraction of sp³-hybridized carbons (Fsp3) is 0.154. The van der Waals surface area contributed by atoms with Crippen LogP contribution in [0, 0.1) is 5.82 Å². The Labute approximate surface area is 119 Å². The van der Waals surface area contributed by atoms with Crippen LogP contribution in [-0.4, -0.2) is 17.4 Å². The van der Waals surface area contributed by atoms with Crippen LogP contribution >= 0.6 is 23.2 Å². The van der Waals surface area contributed by atoms with Gasteiger partial charge in [0.15, 0.2) is 0 Å². The Morgan fingerprint density at radius 2 is 1.95 bits per heavy atom. The number of hydrogen-bond donors (Lipinski definition) is 2. The van der Waals surface area contributed by atoms with Gasteiger partial charge in [0, 0.05) is 6.54 Å². The molecule has 0 saturated carbocycles. The van der Waals surface area contributed by atoms with E-state index < -0.39 is 0 Å². The highest BCUT2D eigenvalue weighted by Gasteiger charge is 2.10. The van der Waals surface area contributed by atoms with Gasteiger partial charge in [-0.25, -0.2) is 4.39 Å². The first-order chi connectivity index (χ1) is 9.06. The lowest BCUT2D eigenvalue weighted by Crippen LogP contribution is -2.25. The smallest absolute Gasteiger partial charge is 0.267 e. The molecule has 6 heteroatoms. The lowest BCUT2D eigenvalue weighted by atomic mass is 10.1. The van der Waals surface area contributed by atoms with E-state index >= 15 is 0 Å². The van der Waals surface area contributed by atoms with E-state index in [4.69, 9.17) is 23.2 Å². The minimum atomic E-state index is -0.282. The lowest BCUT2D eigenvalue weighted by Gasteiger charge is -2.04. The number of carbonyl (C=O) groups is 1. The van der Waals surface area contributed by atoms with Crippen molar-refractivity contribution < 1.29 is 9.18 Å². The standard InChI is InChI=1S/C13H11Cl2FN2O/c14-10-7-11(18-12(10)15)13(19)17-6-5-8-1-3-9(16)4-2-8/h1-4,7,18H,5-6H2,(H,17,19). The van der Waals surface area contributed by atoms with Crippen molar-refractivity contribution >= 4 is 29.1 Å². The molecule has 0 radical (unpaired) electrons. The van der Waals surface area contributed by atoms with E-state index in [0.29, 0.717) is 23.7 Å². The molecule has 0 aliphatic heterocycles. The largest absolute Gasteiger partial charge is 0.350 e. The molecule has 1 aromatic heterocycles. The Kier molecular flexibility index (Phi) is 4.45. The molecule has 2 aromatic rings. The fourth-order valence-corrected chi connectivity index (χ4v) is 1.91. The van der Waals surface area contributed by atoms with Gasteiger partial charge < -0.3 is 10.3 Å².